The molecule has 1 saturated heterocycles. The lowest BCUT2D eigenvalue weighted by Gasteiger charge is -2.16. The summed E-state index contributed by atoms with van der Waals surface area (Å²) < 4.78 is 0. The van der Waals surface area contributed by atoms with Gasteiger partial charge in [-0.1, -0.05) is 24.3 Å². The Morgan fingerprint density at radius 3 is 2.71 bits per heavy atom. The molecule has 5 nitrogen and oxygen atoms in total. The summed E-state index contributed by atoms with van der Waals surface area (Å²) >= 11 is 0. The largest absolute Gasteiger partial charge is 0.355 e. The van der Waals surface area contributed by atoms with Crippen LogP contribution in [0, 0.1) is 6.92 Å². The van der Waals surface area contributed by atoms with Crippen LogP contribution in [-0.2, 0) is 6.54 Å². The number of benzene rings is 1. The Balaban J connectivity index is 1.43. The van der Waals surface area contributed by atoms with Crippen LogP contribution in [0.3, 0.4) is 0 Å². The highest BCUT2D eigenvalue weighted by atomic mass is 15.1. The number of hydrogen-bond acceptors (Lipinski definition) is 5. The Bertz CT molecular complexity index is 922. The summed E-state index contributed by atoms with van der Waals surface area (Å²) in [4.78, 5) is 15.9. The first-order valence-electron chi connectivity index (χ1n) is 10.0. The van der Waals surface area contributed by atoms with E-state index < -0.39 is 0 Å². The van der Waals surface area contributed by atoms with Gasteiger partial charge in [-0.05, 0) is 56.0 Å². The van der Waals surface area contributed by atoms with E-state index in [0.717, 1.165) is 37.4 Å². The zero-order valence-corrected chi connectivity index (χ0v) is 16.6. The van der Waals surface area contributed by atoms with Gasteiger partial charge in [0.15, 0.2) is 0 Å². The summed E-state index contributed by atoms with van der Waals surface area (Å²) in [6.45, 7) is 8.09. The van der Waals surface area contributed by atoms with E-state index in [4.69, 9.17) is 0 Å². The number of anilines is 1. The van der Waals surface area contributed by atoms with Crippen molar-refractivity contribution in [1.29, 1.82) is 0 Å². The van der Waals surface area contributed by atoms with Crippen molar-refractivity contribution in [3.63, 3.8) is 0 Å². The van der Waals surface area contributed by atoms with Crippen LogP contribution in [0.15, 0.2) is 55.0 Å². The van der Waals surface area contributed by atoms with Gasteiger partial charge in [0, 0.05) is 49.4 Å². The van der Waals surface area contributed by atoms with Crippen molar-refractivity contribution in [1.82, 2.24) is 19.9 Å². The van der Waals surface area contributed by atoms with Gasteiger partial charge in [0.25, 0.3) is 0 Å². The number of pyridine rings is 1. The Labute approximate surface area is 166 Å². The minimum absolute atomic E-state index is 0.549. The van der Waals surface area contributed by atoms with Crippen LogP contribution in [0.25, 0.3) is 11.3 Å². The summed E-state index contributed by atoms with van der Waals surface area (Å²) in [7, 11) is 0. The van der Waals surface area contributed by atoms with Crippen molar-refractivity contribution >= 4 is 5.95 Å². The minimum Gasteiger partial charge on any atom is -0.355 e. The average molecular weight is 374 g/mol. The molecule has 3 heterocycles. The number of nitrogens with zero attached hydrogens (tertiary/aromatic N) is 4. The lowest BCUT2D eigenvalue weighted by atomic mass is 9.96. The van der Waals surface area contributed by atoms with Gasteiger partial charge in [-0.2, -0.15) is 0 Å². The van der Waals surface area contributed by atoms with Crippen LogP contribution >= 0.6 is 0 Å². The zero-order chi connectivity index (χ0) is 19.3. The van der Waals surface area contributed by atoms with Crippen LogP contribution in [-0.4, -0.2) is 39.5 Å². The summed E-state index contributed by atoms with van der Waals surface area (Å²) in [6, 6.07) is 12.9. The SMILES string of the molecule is CCNc1ncc(CN2CC[C@@H](c3ccnc(-c4ccccc4C)c3)C2)cn1. The van der Waals surface area contributed by atoms with Crippen molar-refractivity contribution in [2.24, 2.45) is 0 Å². The van der Waals surface area contributed by atoms with Crippen LogP contribution in [0.4, 0.5) is 5.95 Å². The highest BCUT2D eigenvalue weighted by molar-refractivity contribution is 5.63. The monoisotopic (exact) mass is 373 g/mol. The molecule has 1 fully saturated rings. The molecule has 1 N–H and O–H groups in total. The molecule has 1 aliphatic rings. The maximum atomic E-state index is 4.62. The Morgan fingerprint density at radius 1 is 1.11 bits per heavy atom. The van der Waals surface area contributed by atoms with E-state index >= 15 is 0 Å². The lowest BCUT2D eigenvalue weighted by molar-refractivity contribution is 0.326. The van der Waals surface area contributed by atoms with E-state index in [1.165, 1.54) is 23.1 Å². The Hall–Kier alpha value is -2.79. The van der Waals surface area contributed by atoms with E-state index in [1.54, 1.807) is 0 Å². The summed E-state index contributed by atoms with van der Waals surface area (Å²) in [5.41, 5.74) is 6.10. The van der Waals surface area contributed by atoms with E-state index in [-0.39, 0.29) is 0 Å². The number of hydrogen-bond donors (Lipinski definition) is 1. The van der Waals surface area contributed by atoms with Crippen LogP contribution in [0.5, 0.6) is 0 Å². The summed E-state index contributed by atoms with van der Waals surface area (Å²) in [5.74, 6) is 1.25. The molecule has 28 heavy (non-hydrogen) atoms. The first-order chi connectivity index (χ1) is 13.7. The van der Waals surface area contributed by atoms with Crippen LogP contribution < -0.4 is 5.32 Å². The molecule has 0 radical (unpaired) electrons. The maximum absolute atomic E-state index is 4.62. The fourth-order valence-corrected chi connectivity index (χ4v) is 3.90. The third-order valence-electron chi connectivity index (χ3n) is 5.40. The smallest absolute Gasteiger partial charge is 0.222 e. The van der Waals surface area contributed by atoms with E-state index in [2.05, 4.69) is 68.5 Å². The topological polar surface area (TPSA) is 53.9 Å². The third-order valence-corrected chi connectivity index (χ3v) is 5.40. The Morgan fingerprint density at radius 2 is 1.93 bits per heavy atom. The number of nitrogens with one attached hydrogen (secondary N) is 1. The molecule has 1 aromatic carbocycles. The van der Waals surface area contributed by atoms with E-state index in [0.29, 0.717) is 11.9 Å². The molecule has 1 aliphatic heterocycles. The van der Waals surface area contributed by atoms with Crippen molar-refractivity contribution < 1.29 is 0 Å². The second-order valence-corrected chi connectivity index (χ2v) is 7.46. The van der Waals surface area contributed by atoms with Crippen LogP contribution in [0.2, 0.25) is 0 Å². The van der Waals surface area contributed by atoms with Crippen molar-refractivity contribution in [3.8, 4) is 11.3 Å². The number of likely N-dealkylation sites (tertiary alicyclic amines) is 1. The quantitative estimate of drug-likeness (QED) is 0.699. The number of aryl methyl sites for hydroxylation is 1. The second kappa shape index (κ2) is 8.48. The molecule has 0 bridgehead atoms. The molecule has 4 rings (SSSR count). The predicted molar refractivity (Wildman–Crippen MR) is 113 cm³/mol. The van der Waals surface area contributed by atoms with Gasteiger partial charge in [-0.3, -0.25) is 9.88 Å². The Kier molecular flexibility index (Phi) is 5.63. The molecule has 2 aromatic heterocycles. The molecule has 144 valence electrons. The molecule has 0 amide bonds. The predicted octanol–water partition coefficient (Wildman–Crippen LogP) is 4.27. The fraction of sp³-hybridized carbons (Fsp3) is 0.348. The van der Waals surface area contributed by atoms with Gasteiger partial charge >= 0.3 is 0 Å². The van der Waals surface area contributed by atoms with Gasteiger partial charge < -0.3 is 5.32 Å². The first-order valence-corrected chi connectivity index (χ1v) is 10.0. The van der Waals surface area contributed by atoms with Gasteiger partial charge in [-0.25, -0.2) is 9.97 Å². The van der Waals surface area contributed by atoms with Crippen molar-refractivity contribution in [3.05, 3.63) is 71.7 Å². The van der Waals surface area contributed by atoms with Crippen LogP contribution in [0.1, 0.15) is 36.0 Å². The minimum atomic E-state index is 0.549. The van der Waals surface area contributed by atoms with Crippen molar-refractivity contribution in [2.45, 2.75) is 32.7 Å². The maximum Gasteiger partial charge on any atom is 0.222 e. The van der Waals surface area contributed by atoms with Gasteiger partial charge in [0.1, 0.15) is 0 Å². The molecular weight excluding hydrogens is 346 g/mol. The lowest BCUT2D eigenvalue weighted by Crippen LogP contribution is -2.20. The fourth-order valence-electron chi connectivity index (χ4n) is 3.90. The second-order valence-electron chi connectivity index (χ2n) is 7.46. The molecule has 0 saturated carbocycles. The summed E-state index contributed by atoms with van der Waals surface area (Å²) in [6.07, 6.45) is 6.99. The molecule has 0 unspecified atom stereocenters. The van der Waals surface area contributed by atoms with Gasteiger partial charge in [-0.15, -0.1) is 0 Å². The molecular formula is C23H27N5. The zero-order valence-electron chi connectivity index (χ0n) is 16.6. The number of aromatic nitrogens is 3. The molecule has 3 aromatic rings. The molecule has 1 atom stereocenters. The first kappa shape index (κ1) is 18.6. The molecule has 0 spiro atoms. The highest BCUT2D eigenvalue weighted by Gasteiger charge is 2.24. The highest BCUT2D eigenvalue weighted by Crippen LogP contribution is 2.30. The van der Waals surface area contributed by atoms with E-state index in [9.17, 15) is 0 Å². The normalized spacial score (nSPS) is 17.0. The van der Waals surface area contributed by atoms with Crippen molar-refractivity contribution in [2.75, 3.05) is 25.0 Å². The van der Waals surface area contributed by atoms with Gasteiger partial charge in [0.05, 0.1) is 5.69 Å². The number of rotatable bonds is 6. The molecule has 0 aliphatic carbocycles. The summed E-state index contributed by atoms with van der Waals surface area (Å²) in [5, 5.41) is 3.14. The van der Waals surface area contributed by atoms with Gasteiger partial charge in [0.2, 0.25) is 5.95 Å². The third kappa shape index (κ3) is 4.20. The molecule has 5 heteroatoms. The standard InChI is InChI=1S/C23H27N5/c1-3-24-23-26-13-18(14-27-23)15-28-11-9-20(16-28)19-8-10-25-22(12-19)21-7-5-4-6-17(21)2/h4-8,10,12-14,20H,3,9,11,15-16H2,1-2H3,(H,24,26,27)/t20-/m1/s1. The average Bonchev–Trinajstić information content (AvgIpc) is 3.19. The van der Waals surface area contributed by atoms with E-state index in [1.807, 2.05) is 25.5 Å².